The number of benzene rings is 2. The first-order valence-corrected chi connectivity index (χ1v) is 8.77. The van der Waals surface area contributed by atoms with Gasteiger partial charge >= 0.3 is 6.18 Å². The number of carbonyl (C=O) groups excluding carboxylic acids is 1. The average Bonchev–Trinajstić information content (AvgIpc) is 2.57. The lowest BCUT2D eigenvalue weighted by molar-refractivity contribution is -0.137. The first-order valence-electron chi connectivity index (χ1n) is 7.31. The summed E-state index contributed by atoms with van der Waals surface area (Å²) in [6.07, 6.45) is -4.55. The maximum Gasteiger partial charge on any atom is 0.416 e. The molecule has 0 unspecified atom stereocenters. The van der Waals surface area contributed by atoms with Crippen molar-refractivity contribution in [3.05, 3.63) is 56.1 Å². The number of hydrogen-bond acceptors (Lipinski definition) is 3. The number of rotatable bonds is 6. The Balaban J connectivity index is 2.34. The molecule has 2 rings (SSSR count). The van der Waals surface area contributed by atoms with Crippen LogP contribution in [0.3, 0.4) is 0 Å². The topological polar surface area (TPSA) is 47.6 Å². The van der Waals surface area contributed by atoms with Gasteiger partial charge < -0.3 is 14.8 Å². The molecule has 0 aliphatic rings. The molecule has 1 N–H and O–H groups in total. The standard InChI is InChI=1S/C17H14ClF3INO3/c1-25-6-7-26-15-5-2-10(17(19,20)21)8-14(15)23-16(24)12-9-11(18)3-4-13(12)22/h2-5,8-9H,6-7H2,1H3,(H,23,24). The molecule has 0 atom stereocenters. The molecule has 2 aromatic carbocycles. The van der Waals surface area contributed by atoms with Gasteiger partial charge in [-0.15, -0.1) is 0 Å². The number of hydrogen-bond donors (Lipinski definition) is 1. The molecule has 0 aliphatic carbocycles. The number of alkyl halides is 3. The summed E-state index contributed by atoms with van der Waals surface area (Å²) in [4.78, 5) is 12.5. The van der Waals surface area contributed by atoms with Gasteiger partial charge in [0.25, 0.3) is 5.91 Å². The SMILES string of the molecule is COCCOc1ccc(C(F)(F)F)cc1NC(=O)c1cc(Cl)ccc1I. The van der Waals surface area contributed by atoms with E-state index in [2.05, 4.69) is 5.32 Å². The van der Waals surface area contributed by atoms with Crippen molar-refractivity contribution in [2.45, 2.75) is 6.18 Å². The van der Waals surface area contributed by atoms with Crippen LogP contribution in [-0.2, 0) is 10.9 Å². The molecule has 0 heterocycles. The minimum atomic E-state index is -4.55. The zero-order chi connectivity index (χ0) is 19.3. The van der Waals surface area contributed by atoms with Gasteiger partial charge in [-0.1, -0.05) is 11.6 Å². The predicted molar refractivity (Wildman–Crippen MR) is 101 cm³/mol. The van der Waals surface area contributed by atoms with E-state index in [4.69, 9.17) is 21.1 Å². The Morgan fingerprint density at radius 2 is 1.92 bits per heavy atom. The van der Waals surface area contributed by atoms with Crippen LogP contribution in [0, 0.1) is 3.57 Å². The quantitative estimate of drug-likeness (QED) is 0.437. The molecule has 0 aromatic heterocycles. The first kappa shape index (κ1) is 20.8. The monoisotopic (exact) mass is 499 g/mol. The highest BCUT2D eigenvalue weighted by Crippen LogP contribution is 2.35. The summed E-state index contributed by atoms with van der Waals surface area (Å²) in [6, 6.07) is 7.58. The average molecular weight is 500 g/mol. The van der Waals surface area contributed by atoms with Crippen molar-refractivity contribution in [2.75, 3.05) is 25.6 Å². The van der Waals surface area contributed by atoms with Crippen molar-refractivity contribution in [1.82, 2.24) is 0 Å². The molecule has 1 amide bonds. The van der Waals surface area contributed by atoms with Crippen LogP contribution in [0.4, 0.5) is 18.9 Å². The third-order valence-electron chi connectivity index (χ3n) is 3.27. The minimum Gasteiger partial charge on any atom is -0.489 e. The Morgan fingerprint density at radius 1 is 1.19 bits per heavy atom. The summed E-state index contributed by atoms with van der Waals surface area (Å²) in [5.41, 5.74) is -0.734. The molecule has 9 heteroatoms. The van der Waals surface area contributed by atoms with E-state index in [0.717, 1.165) is 18.2 Å². The van der Waals surface area contributed by atoms with Crippen LogP contribution >= 0.6 is 34.2 Å². The van der Waals surface area contributed by atoms with Gasteiger partial charge in [0.05, 0.1) is 23.4 Å². The van der Waals surface area contributed by atoms with E-state index in [1.165, 1.54) is 13.2 Å². The number of anilines is 1. The van der Waals surface area contributed by atoms with E-state index in [9.17, 15) is 18.0 Å². The Morgan fingerprint density at radius 3 is 2.58 bits per heavy atom. The number of carbonyl (C=O) groups is 1. The van der Waals surface area contributed by atoms with Gasteiger partial charge in [0.2, 0.25) is 0 Å². The highest BCUT2D eigenvalue weighted by Gasteiger charge is 2.31. The molecule has 0 bridgehead atoms. The summed E-state index contributed by atoms with van der Waals surface area (Å²) in [5.74, 6) is -0.478. The highest BCUT2D eigenvalue weighted by molar-refractivity contribution is 14.1. The lowest BCUT2D eigenvalue weighted by Gasteiger charge is -2.15. The van der Waals surface area contributed by atoms with Gasteiger partial charge in [0.1, 0.15) is 12.4 Å². The fourth-order valence-corrected chi connectivity index (χ4v) is 2.78. The molecular weight excluding hydrogens is 486 g/mol. The summed E-state index contributed by atoms with van der Waals surface area (Å²) < 4.78 is 49.8. The lowest BCUT2D eigenvalue weighted by Crippen LogP contribution is -2.16. The Bertz CT molecular complexity index is 799. The summed E-state index contributed by atoms with van der Waals surface area (Å²) in [5, 5.41) is 2.81. The summed E-state index contributed by atoms with van der Waals surface area (Å²) in [6.45, 7) is 0.375. The second kappa shape index (κ2) is 8.92. The molecule has 0 saturated heterocycles. The van der Waals surface area contributed by atoms with Crippen molar-refractivity contribution in [3.63, 3.8) is 0 Å². The smallest absolute Gasteiger partial charge is 0.416 e. The van der Waals surface area contributed by atoms with Crippen molar-refractivity contribution in [1.29, 1.82) is 0 Å². The maximum atomic E-state index is 13.0. The molecule has 0 saturated carbocycles. The highest BCUT2D eigenvalue weighted by atomic mass is 127. The largest absolute Gasteiger partial charge is 0.489 e. The van der Waals surface area contributed by atoms with E-state index in [1.807, 2.05) is 22.6 Å². The van der Waals surface area contributed by atoms with E-state index in [-0.39, 0.29) is 30.2 Å². The summed E-state index contributed by atoms with van der Waals surface area (Å²) in [7, 11) is 1.47. The fraction of sp³-hybridized carbons (Fsp3) is 0.235. The van der Waals surface area contributed by atoms with Crippen LogP contribution in [0.5, 0.6) is 5.75 Å². The molecule has 0 spiro atoms. The third kappa shape index (κ3) is 5.49. The van der Waals surface area contributed by atoms with Gasteiger partial charge in [0.15, 0.2) is 0 Å². The van der Waals surface area contributed by atoms with Gasteiger partial charge in [-0.25, -0.2) is 0 Å². The molecule has 0 fully saturated rings. The third-order valence-corrected chi connectivity index (χ3v) is 4.45. The van der Waals surface area contributed by atoms with E-state index in [0.29, 0.717) is 8.59 Å². The second-order valence-electron chi connectivity index (χ2n) is 5.13. The Hall–Kier alpha value is -1.52. The van der Waals surface area contributed by atoms with Gasteiger partial charge in [-0.2, -0.15) is 13.2 Å². The first-order chi connectivity index (χ1) is 12.2. The number of ether oxygens (including phenoxy) is 2. The molecule has 2 aromatic rings. The zero-order valence-electron chi connectivity index (χ0n) is 13.5. The van der Waals surface area contributed by atoms with Crippen LogP contribution in [0.15, 0.2) is 36.4 Å². The van der Waals surface area contributed by atoms with Crippen LogP contribution in [0.1, 0.15) is 15.9 Å². The number of amides is 1. The van der Waals surface area contributed by atoms with Gasteiger partial charge in [-0.3, -0.25) is 4.79 Å². The van der Waals surface area contributed by atoms with E-state index >= 15 is 0 Å². The lowest BCUT2D eigenvalue weighted by atomic mass is 10.1. The van der Waals surface area contributed by atoms with E-state index < -0.39 is 17.6 Å². The molecule has 140 valence electrons. The van der Waals surface area contributed by atoms with Crippen molar-refractivity contribution < 1.29 is 27.4 Å². The van der Waals surface area contributed by atoms with Crippen LogP contribution in [0.25, 0.3) is 0 Å². The second-order valence-corrected chi connectivity index (χ2v) is 6.73. The zero-order valence-corrected chi connectivity index (χ0v) is 16.4. The number of methoxy groups -OCH3 is 1. The van der Waals surface area contributed by atoms with Crippen molar-refractivity contribution in [2.24, 2.45) is 0 Å². The van der Waals surface area contributed by atoms with Crippen molar-refractivity contribution >= 4 is 45.8 Å². The van der Waals surface area contributed by atoms with Crippen LogP contribution in [-0.4, -0.2) is 26.2 Å². The molecule has 0 radical (unpaired) electrons. The Kier molecular flexibility index (Phi) is 7.13. The molecule has 4 nitrogen and oxygen atoms in total. The van der Waals surface area contributed by atoms with Crippen LogP contribution < -0.4 is 10.1 Å². The number of halogens is 5. The molecular formula is C17H14ClF3INO3. The minimum absolute atomic E-state index is 0.0864. The Labute approximate surface area is 166 Å². The molecule has 26 heavy (non-hydrogen) atoms. The number of nitrogens with one attached hydrogen (secondary N) is 1. The van der Waals surface area contributed by atoms with Gasteiger partial charge in [-0.05, 0) is 59.0 Å². The predicted octanol–water partition coefficient (Wildman–Crippen LogP) is 5.24. The van der Waals surface area contributed by atoms with E-state index in [1.54, 1.807) is 12.1 Å². The van der Waals surface area contributed by atoms with Gasteiger partial charge in [0, 0.05) is 15.7 Å². The molecule has 0 aliphatic heterocycles. The summed E-state index contributed by atoms with van der Waals surface area (Å²) >= 11 is 7.84. The maximum absolute atomic E-state index is 13.0. The fourth-order valence-electron chi connectivity index (χ4n) is 2.03. The normalized spacial score (nSPS) is 11.3. The van der Waals surface area contributed by atoms with Crippen LogP contribution in [0.2, 0.25) is 5.02 Å². The van der Waals surface area contributed by atoms with Crippen molar-refractivity contribution in [3.8, 4) is 5.75 Å².